The first-order valence-corrected chi connectivity index (χ1v) is 17.0. The van der Waals surface area contributed by atoms with E-state index in [-0.39, 0.29) is 0 Å². The highest BCUT2D eigenvalue weighted by molar-refractivity contribution is 6.11. The molecule has 0 unspecified atom stereocenters. The molecule has 0 atom stereocenters. The number of aromatic nitrogens is 2. The van der Waals surface area contributed by atoms with E-state index in [1.807, 2.05) is 0 Å². The first-order chi connectivity index (χ1) is 24.2. The fraction of sp³-hybridized carbons (Fsp3) is 0.0652. The van der Waals surface area contributed by atoms with Crippen LogP contribution in [0.4, 0.5) is 0 Å². The number of hydrogen-bond donors (Lipinski definition) is 0. The number of nitrogens with zero attached hydrogens (tertiary/aromatic N) is 2. The van der Waals surface area contributed by atoms with Crippen LogP contribution in [0.25, 0.3) is 83.4 Å². The molecule has 7 aromatic carbocycles. The van der Waals surface area contributed by atoms with Gasteiger partial charge in [-0.15, -0.1) is 0 Å². The highest BCUT2D eigenvalue weighted by Crippen LogP contribution is 2.41. The van der Waals surface area contributed by atoms with E-state index in [1.54, 1.807) is 0 Å². The number of para-hydroxylation sites is 2. The topological polar surface area (TPSA) is 31.0 Å². The van der Waals surface area contributed by atoms with E-state index in [4.69, 9.17) is 9.40 Å². The van der Waals surface area contributed by atoms with Crippen molar-refractivity contribution in [2.24, 2.45) is 0 Å². The summed E-state index contributed by atoms with van der Waals surface area (Å²) in [5.74, 6) is 0.651. The number of fused-ring (bicyclic) bond motifs is 4. The van der Waals surface area contributed by atoms with Gasteiger partial charge >= 0.3 is 0 Å². The largest absolute Gasteiger partial charge is 0.436 e. The second kappa shape index (κ2) is 12.1. The molecule has 2 heterocycles. The van der Waals surface area contributed by atoms with Gasteiger partial charge in [-0.3, -0.25) is 0 Å². The number of benzene rings is 7. The molecule has 3 heteroatoms. The quantitative estimate of drug-likeness (QED) is 0.175. The van der Waals surface area contributed by atoms with Crippen LogP contribution in [0.3, 0.4) is 0 Å². The van der Waals surface area contributed by atoms with E-state index in [9.17, 15) is 0 Å². The molecule has 3 nitrogen and oxygen atoms in total. The number of aryl methyl sites for hydroxylation is 1. The zero-order valence-corrected chi connectivity index (χ0v) is 27.3. The maximum Gasteiger partial charge on any atom is 0.227 e. The van der Waals surface area contributed by atoms with Crippen LogP contribution in [0.1, 0.15) is 18.9 Å². The van der Waals surface area contributed by atoms with Gasteiger partial charge in [0.25, 0.3) is 0 Å². The molecule has 9 rings (SSSR count). The maximum atomic E-state index is 6.22. The van der Waals surface area contributed by atoms with E-state index in [0.717, 1.165) is 35.1 Å². The third-order valence-electron chi connectivity index (χ3n) is 9.58. The Labute approximate surface area is 285 Å². The van der Waals surface area contributed by atoms with Gasteiger partial charge in [-0.25, -0.2) is 4.98 Å². The lowest BCUT2D eigenvalue weighted by Gasteiger charge is -2.15. The Morgan fingerprint density at radius 2 is 1.12 bits per heavy atom. The lowest BCUT2D eigenvalue weighted by atomic mass is 9.89. The van der Waals surface area contributed by atoms with Crippen molar-refractivity contribution in [2.75, 3.05) is 0 Å². The Balaban J connectivity index is 1.11. The highest BCUT2D eigenvalue weighted by atomic mass is 16.3. The van der Waals surface area contributed by atoms with Crippen molar-refractivity contribution < 1.29 is 4.42 Å². The minimum Gasteiger partial charge on any atom is -0.436 e. The zero-order valence-electron chi connectivity index (χ0n) is 27.3. The van der Waals surface area contributed by atoms with Crippen LogP contribution < -0.4 is 0 Å². The van der Waals surface area contributed by atoms with E-state index >= 15 is 0 Å². The van der Waals surface area contributed by atoms with E-state index < -0.39 is 0 Å². The summed E-state index contributed by atoms with van der Waals surface area (Å²) in [6.45, 7) is 2.19. The SMILES string of the molecule is CCCc1ccc2nc(-c3ccc(-c4ccccc4-c4ccccc4-c4ccc5c(c4)c4ccccc4n5-c4ccccc4)cc3)oc2c1. The third-order valence-corrected chi connectivity index (χ3v) is 9.58. The second-order valence-corrected chi connectivity index (χ2v) is 12.7. The molecule has 0 aliphatic carbocycles. The van der Waals surface area contributed by atoms with E-state index in [2.05, 4.69) is 175 Å². The van der Waals surface area contributed by atoms with Gasteiger partial charge in [0.05, 0.1) is 11.0 Å². The molecule has 49 heavy (non-hydrogen) atoms. The first kappa shape index (κ1) is 29.0. The van der Waals surface area contributed by atoms with Crippen LogP contribution in [-0.4, -0.2) is 9.55 Å². The summed E-state index contributed by atoms with van der Waals surface area (Å²) in [4.78, 5) is 4.79. The van der Waals surface area contributed by atoms with Gasteiger partial charge in [-0.2, -0.15) is 0 Å². The molecule has 0 aliphatic heterocycles. The summed E-state index contributed by atoms with van der Waals surface area (Å²) in [5.41, 5.74) is 14.7. The summed E-state index contributed by atoms with van der Waals surface area (Å²) >= 11 is 0. The third kappa shape index (κ3) is 5.12. The average Bonchev–Trinajstić information content (AvgIpc) is 3.74. The minimum atomic E-state index is 0.651. The predicted molar refractivity (Wildman–Crippen MR) is 204 cm³/mol. The maximum absolute atomic E-state index is 6.22. The van der Waals surface area contributed by atoms with Gasteiger partial charge < -0.3 is 8.98 Å². The fourth-order valence-electron chi connectivity index (χ4n) is 7.26. The Hall–Kier alpha value is -6.19. The van der Waals surface area contributed by atoms with Crippen molar-refractivity contribution in [2.45, 2.75) is 19.8 Å². The summed E-state index contributed by atoms with van der Waals surface area (Å²) in [6.07, 6.45) is 2.14. The zero-order chi connectivity index (χ0) is 32.7. The predicted octanol–water partition coefficient (Wildman–Crippen LogP) is 12.5. The summed E-state index contributed by atoms with van der Waals surface area (Å²) in [5, 5.41) is 2.50. The van der Waals surface area contributed by atoms with Gasteiger partial charge in [0.15, 0.2) is 5.58 Å². The van der Waals surface area contributed by atoms with Crippen molar-refractivity contribution in [1.82, 2.24) is 9.55 Å². The van der Waals surface area contributed by atoms with Crippen LogP contribution in [0.2, 0.25) is 0 Å². The van der Waals surface area contributed by atoms with Crippen LogP contribution in [-0.2, 0) is 6.42 Å². The number of oxazole rings is 1. The van der Waals surface area contributed by atoms with Crippen LogP contribution in [0.5, 0.6) is 0 Å². The van der Waals surface area contributed by atoms with Gasteiger partial charge in [0.2, 0.25) is 5.89 Å². The number of rotatable bonds is 7. The minimum absolute atomic E-state index is 0.651. The molecule has 0 saturated heterocycles. The highest BCUT2D eigenvalue weighted by Gasteiger charge is 2.17. The molecule has 9 aromatic rings. The average molecular weight is 631 g/mol. The molecule has 0 spiro atoms. The first-order valence-electron chi connectivity index (χ1n) is 17.0. The lowest BCUT2D eigenvalue weighted by Crippen LogP contribution is -1.93. The van der Waals surface area contributed by atoms with Crippen molar-refractivity contribution in [1.29, 1.82) is 0 Å². The molecule has 0 saturated carbocycles. The van der Waals surface area contributed by atoms with E-state index in [1.165, 1.54) is 60.9 Å². The van der Waals surface area contributed by atoms with Crippen LogP contribution >= 0.6 is 0 Å². The summed E-state index contributed by atoms with van der Waals surface area (Å²) in [7, 11) is 0. The molecule has 0 amide bonds. The Kier molecular flexibility index (Phi) is 7.17. The molecular weight excluding hydrogens is 597 g/mol. The van der Waals surface area contributed by atoms with Crippen LogP contribution in [0.15, 0.2) is 168 Å². The van der Waals surface area contributed by atoms with E-state index in [0.29, 0.717) is 5.89 Å². The molecule has 0 N–H and O–H groups in total. The molecule has 0 fully saturated rings. The summed E-state index contributed by atoms with van der Waals surface area (Å²) in [6, 6.07) is 58.6. The monoisotopic (exact) mass is 630 g/mol. The smallest absolute Gasteiger partial charge is 0.227 e. The molecule has 0 radical (unpaired) electrons. The normalized spacial score (nSPS) is 11.5. The van der Waals surface area contributed by atoms with Crippen molar-refractivity contribution in [3.8, 4) is 50.5 Å². The van der Waals surface area contributed by atoms with Crippen molar-refractivity contribution in [3.05, 3.63) is 169 Å². The van der Waals surface area contributed by atoms with Crippen LogP contribution in [0, 0.1) is 0 Å². The van der Waals surface area contributed by atoms with Crippen molar-refractivity contribution >= 4 is 32.9 Å². The Morgan fingerprint density at radius 3 is 1.88 bits per heavy atom. The molecule has 0 aliphatic rings. The van der Waals surface area contributed by atoms with Gasteiger partial charge in [0.1, 0.15) is 5.52 Å². The lowest BCUT2D eigenvalue weighted by molar-refractivity contribution is 0.619. The Bertz CT molecular complexity index is 2610. The molecular formula is C46H34N2O. The van der Waals surface area contributed by atoms with Crippen molar-refractivity contribution in [3.63, 3.8) is 0 Å². The summed E-state index contributed by atoms with van der Waals surface area (Å²) < 4.78 is 8.58. The fourth-order valence-corrected chi connectivity index (χ4v) is 7.26. The number of hydrogen-bond acceptors (Lipinski definition) is 2. The van der Waals surface area contributed by atoms with Gasteiger partial charge in [0, 0.05) is 22.0 Å². The second-order valence-electron chi connectivity index (χ2n) is 12.7. The van der Waals surface area contributed by atoms with Gasteiger partial charge in [-0.05, 0) is 100.0 Å². The molecule has 0 bridgehead atoms. The van der Waals surface area contributed by atoms with Gasteiger partial charge in [-0.1, -0.05) is 123 Å². The Morgan fingerprint density at radius 1 is 0.510 bits per heavy atom. The molecule has 234 valence electrons. The standard InChI is InChI=1S/C46H34N2O/c1-2-12-31-21-27-42-45(29-31)49-46(47-42)33-24-22-32(23-25-33)36-15-6-8-17-38(36)39-18-9-7-16-37(39)34-26-28-44-41(30-34)40-19-10-11-20-43(40)48(44)35-13-4-3-5-14-35/h3-11,13-30H,2,12H2,1H3. The molecule has 2 aromatic heterocycles.